The average Bonchev–Trinajstić information content (AvgIpc) is 2.40. The van der Waals surface area contributed by atoms with Gasteiger partial charge in [0.2, 0.25) is 0 Å². The van der Waals surface area contributed by atoms with Crippen molar-refractivity contribution in [3.8, 4) is 0 Å². The first-order chi connectivity index (χ1) is 8.66. The quantitative estimate of drug-likeness (QED) is 0.669. The van der Waals surface area contributed by atoms with E-state index in [1.807, 2.05) is 0 Å². The molecule has 2 aromatic rings. The molecular formula is C11H11FN4OS. The molecule has 2 rings (SSSR count). The lowest BCUT2D eigenvalue weighted by atomic mass is 10.2. The van der Waals surface area contributed by atoms with Gasteiger partial charge in [0.1, 0.15) is 6.10 Å². The number of hydrogen-bond acceptors (Lipinski definition) is 6. The van der Waals surface area contributed by atoms with Crippen molar-refractivity contribution in [2.75, 3.05) is 0 Å². The molecule has 0 radical (unpaired) electrons. The highest BCUT2D eigenvalue weighted by Crippen LogP contribution is 2.27. The van der Waals surface area contributed by atoms with Gasteiger partial charge in [-0.1, -0.05) is 11.8 Å². The molecule has 5 nitrogen and oxygen atoms in total. The summed E-state index contributed by atoms with van der Waals surface area (Å²) in [6.07, 6.45) is 4.41. The third kappa shape index (κ3) is 3.21. The van der Waals surface area contributed by atoms with Gasteiger partial charge in [0.05, 0.1) is 12.4 Å². The second-order valence-corrected chi connectivity index (χ2v) is 4.90. The highest BCUT2D eigenvalue weighted by atomic mass is 32.2. The van der Waals surface area contributed by atoms with Crippen molar-refractivity contribution in [3.05, 3.63) is 42.5 Å². The van der Waals surface area contributed by atoms with Crippen LogP contribution < -0.4 is 0 Å². The summed E-state index contributed by atoms with van der Waals surface area (Å²) in [5, 5.41) is 10.3. The van der Waals surface area contributed by atoms with Crippen LogP contribution in [0.4, 0.5) is 4.39 Å². The van der Waals surface area contributed by atoms with Crippen LogP contribution in [-0.2, 0) is 0 Å². The van der Waals surface area contributed by atoms with Crippen molar-refractivity contribution in [2.24, 2.45) is 0 Å². The number of rotatable bonds is 4. The summed E-state index contributed by atoms with van der Waals surface area (Å²) in [4.78, 5) is 15.6. The lowest BCUT2D eigenvalue weighted by Crippen LogP contribution is -2.15. The molecule has 7 heteroatoms. The number of aromatic nitrogens is 4. The third-order valence-electron chi connectivity index (χ3n) is 2.18. The van der Waals surface area contributed by atoms with Crippen LogP contribution in [0, 0.1) is 5.82 Å². The smallest absolute Gasteiger partial charge is 0.187 e. The van der Waals surface area contributed by atoms with E-state index in [4.69, 9.17) is 0 Å². The predicted molar refractivity (Wildman–Crippen MR) is 64.3 cm³/mol. The zero-order valence-corrected chi connectivity index (χ0v) is 10.4. The standard InChI is InChI=1S/C11H11FN4OS/c1-7(18-11-13-3-2-4-14-11)9(17)10-15-5-8(12)6-16-10/h2-7,9,17H,1H3/t7-,9+/m1/s1. The Bertz CT molecular complexity index is 496. The number of aliphatic hydroxyl groups excluding tert-OH is 1. The van der Waals surface area contributed by atoms with Crippen LogP contribution in [0.15, 0.2) is 36.0 Å². The maximum Gasteiger partial charge on any atom is 0.187 e. The van der Waals surface area contributed by atoms with Crippen LogP contribution >= 0.6 is 11.8 Å². The molecule has 0 aliphatic carbocycles. The van der Waals surface area contributed by atoms with Gasteiger partial charge in [0.15, 0.2) is 16.8 Å². The van der Waals surface area contributed by atoms with Crippen molar-refractivity contribution < 1.29 is 9.50 Å². The second kappa shape index (κ2) is 5.83. The molecule has 0 saturated heterocycles. The summed E-state index contributed by atoms with van der Waals surface area (Å²) in [6.45, 7) is 1.80. The van der Waals surface area contributed by atoms with Crippen LogP contribution in [0.3, 0.4) is 0 Å². The number of halogens is 1. The summed E-state index contributed by atoms with van der Waals surface area (Å²) in [6, 6.07) is 1.72. The molecule has 0 aliphatic heterocycles. The second-order valence-electron chi connectivity index (χ2n) is 3.56. The molecule has 18 heavy (non-hydrogen) atoms. The first-order valence-electron chi connectivity index (χ1n) is 5.26. The van der Waals surface area contributed by atoms with Gasteiger partial charge in [0, 0.05) is 17.6 Å². The van der Waals surface area contributed by atoms with Gasteiger partial charge in [-0.3, -0.25) is 0 Å². The molecule has 2 heterocycles. The maximum atomic E-state index is 12.7. The Hall–Kier alpha value is -1.60. The van der Waals surface area contributed by atoms with Crippen LogP contribution in [0.25, 0.3) is 0 Å². The number of nitrogens with zero attached hydrogens (tertiary/aromatic N) is 4. The minimum atomic E-state index is -0.903. The van der Waals surface area contributed by atoms with E-state index < -0.39 is 11.9 Å². The first kappa shape index (κ1) is 12.8. The average molecular weight is 266 g/mol. The minimum absolute atomic E-state index is 0.187. The van der Waals surface area contributed by atoms with Gasteiger partial charge in [-0.05, 0) is 13.0 Å². The molecule has 0 aromatic carbocycles. The zero-order valence-electron chi connectivity index (χ0n) is 9.56. The molecule has 0 amide bonds. The molecule has 0 fully saturated rings. The molecule has 0 bridgehead atoms. The molecule has 0 unspecified atom stereocenters. The van der Waals surface area contributed by atoms with Gasteiger partial charge < -0.3 is 5.11 Å². The van der Waals surface area contributed by atoms with Crippen molar-refractivity contribution in [2.45, 2.75) is 23.4 Å². The molecule has 1 N–H and O–H groups in total. The summed E-state index contributed by atoms with van der Waals surface area (Å²) in [5.41, 5.74) is 0. The van der Waals surface area contributed by atoms with Crippen molar-refractivity contribution >= 4 is 11.8 Å². The molecule has 2 aromatic heterocycles. The van der Waals surface area contributed by atoms with E-state index in [-0.39, 0.29) is 11.1 Å². The highest BCUT2D eigenvalue weighted by Gasteiger charge is 2.21. The largest absolute Gasteiger partial charge is 0.384 e. The summed E-state index contributed by atoms with van der Waals surface area (Å²) >= 11 is 1.30. The van der Waals surface area contributed by atoms with Crippen molar-refractivity contribution in [1.82, 2.24) is 19.9 Å². The predicted octanol–water partition coefficient (Wildman–Crippen LogP) is 1.62. The van der Waals surface area contributed by atoms with E-state index in [2.05, 4.69) is 19.9 Å². The van der Waals surface area contributed by atoms with Crippen LogP contribution in [0.2, 0.25) is 0 Å². The van der Waals surface area contributed by atoms with E-state index in [9.17, 15) is 9.50 Å². The van der Waals surface area contributed by atoms with Gasteiger partial charge >= 0.3 is 0 Å². The fraction of sp³-hybridized carbons (Fsp3) is 0.273. The molecule has 0 aliphatic rings. The summed E-state index contributed by atoms with van der Waals surface area (Å²) in [5.74, 6) is -0.343. The van der Waals surface area contributed by atoms with Crippen molar-refractivity contribution in [1.29, 1.82) is 0 Å². The number of hydrogen-bond donors (Lipinski definition) is 1. The SMILES string of the molecule is C[C@@H](Sc1ncccn1)[C@H](O)c1ncc(F)cn1. The fourth-order valence-corrected chi connectivity index (χ4v) is 2.09. The minimum Gasteiger partial charge on any atom is -0.384 e. The van der Waals surface area contributed by atoms with Crippen LogP contribution in [0.5, 0.6) is 0 Å². The molecule has 0 spiro atoms. The van der Waals surface area contributed by atoms with Gasteiger partial charge in [-0.25, -0.2) is 24.3 Å². The van der Waals surface area contributed by atoms with E-state index in [1.54, 1.807) is 25.4 Å². The highest BCUT2D eigenvalue weighted by molar-refractivity contribution is 7.99. The Labute approximate surface area is 108 Å². The van der Waals surface area contributed by atoms with Crippen LogP contribution in [0.1, 0.15) is 18.9 Å². The molecule has 2 atom stereocenters. The Morgan fingerprint density at radius 2 is 1.78 bits per heavy atom. The van der Waals surface area contributed by atoms with Gasteiger partial charge in [-0.2, -0.15) is 0 Å². The van der Waals surface area contributed by atoms with Gasteiger partial charge in [0.25, 0.3) is 0 Å². The Morgan fingerprint density at radius 3 is 2.39 bits per heavy atom. The lowest BCUT2D eigenvalue weighted by molar-refractivity contribution is 0.169. The number of aliphatic hydroxyl groups is 1. The van der Waals surface area contributed by atoms with E-state index in [0.717, 1.165) is 12.4 Å². The zero-order chi connectivity index (χ0) is 13.0. The normalized spacial score (nSPS) is 14.2. The van der Waals surface area contributed by atoms with Crippen molar-refractivity contribution in [3.63, 3.8) is 0 Å². The Balaban J connectivity index is 2.05. The maximum absolute atomic E-state index is 12.7. The Kier molecular flexibility index (Phi) is 4.16. The first-order valence-corrected chi connectivity index (χ1v) is 6.14. The summed E-state index contributed by atoms with van der Waals surface area (Å²) < 4.78 is 12.7. The van der Waals surface area contributed by atoms with E-state index in [0.29, 0.717) is 5.16 Å². The molecular weight excluding hydrogens is 255 g/mol. The topological polar surface area (TPSA) is 71.8 Å². The lowest BCUT2D eigenvalue weighted by Gasteiger charge is -2.15. The third-order valence-corrected chi connectivity index (χ3v) is 3.23. The molecule has 0 saturated carbocycles. The Morgan fingerprint density at radius 1 is 1.17 bits per heavy atom. The molecule has 94 valence electrons. The number of thioether (sulfide) groups is 1. The van der Waals surface area contributed by atoms with E-state index >= 15 is 0 Å². The fourth-order valence-electron chi connectivity index (χ4n) is 1.26. The summed E-state index contributed by atoms with van der Waals surface area (Å²) in [7, 11) is 0. The van der Waals surface area contributed by atoms with Gasteiger partial charge in [-0.15, -0.1) is 0 Å². The monoisotopic (exact) mass is 266 g/mol. The van der Waals surface area contributed by atoms with E-state index in [1.165, 1.54) is 11.8 Å². The van der Waals surface area contributed by atoms with Crippen LogP contribution in [-0.4, -0.2) is 30.3 Å².